The van der Waals surface area contributed by atoms with Crippen LogP contribution in [0.3, 0.4) is 0 Å². The average molecular weight is 177 g/mol. The molecule has 0 aromatic rings. The Kier molecular flexibility index (Phi) is 4.20. The molecule has 11 heavy (non-hydrogen) atoms. The Morgan fingerprint density at radius 1 is 1.45 bits per heavy atom. The van der Waals surface area contributed by atoms with Crippen molar-refractivity contribution in [1.29, 1.82) is 0 Å². The van der Waals surface area contributed by atoms with Crippen molar-refractivity contribution >= 4 is 11.6 Å². The van der Waals surface area contributed by atoms with E-state index in [1.54, 1.807) is 0 Å². The Morgan fingerprint density at radius 2 is 2.09 bits per heavy atom. The van der Waals surface area contributed by atoms with Crippen LogP contribution in [0.1, 0.15) is 19.8 Å². The first kappa shape index (κ1) is 9.30. The van der Waals surface area contributed by atoms with E-state index in [0.717, 1.165) is 32.6 Å². The molecule has 1 unspecified atom stereocenters. The van der Waals surface area contributed by atoms with Gasteiger partial charge in [0.2, 0.25) is 0 Å². The molecule has 2 nitrogen and oxygen atoms in total. The summed E-state index contributed by atoms with van der Waals surface area (Å²) >= 11 is 6.16. The maximum Gasteiger partial charge on any atom is 0.0851 e. The summed E-state index contributed by atoms with van der Waals surface area (Å²) in [6, 6.07) is 0. The number of nitrogens with zero attached hydrogens (tertiary/aromatic N) is 1. The molecule has 0 radical (unpaired) electrons. The number of halogens is 1. The molecule has 0 aliphatic carbocycles. The summed E-state index contributed by atoms with van der Waals surface area (Å²) < 4.78 is 0. The van der Waals surface area contributed by atoms with Gasteiger partial charge >= 0.3 is 0 Å². The van der Waals surface area contributed by atoms with E-state index in [1.165, 1.54) is 6.42 Å². The van der Waals surface area contributed by atoms with Crippen molar-refractivity contribution in [3.63, 3.8) is 0 Å². The molecule has 0 aromatic heterocycles. The molecule has 1 saturated heterocycles. The number of hydrogen-bond acceptors (Lipinski definition) is 2. The predicted molar refractivity (Wildman–Crippen MR) is 49.0 cm³/mol. The van der Waals surface area contributed by atoms with Gasteiger partial charge in [-0.25, -0.2) is 0 Å². The molecule has 0 bridgehead atoms. The second-order valence-electron chi connectivity index (χ2n) is 3.01. The second-order valence-corrected chi connectivity index (χ2v) is 3.51. The lowest BCUT2D eigenvalue weighted by atomic mass is 10.3. The molecule has 0 spiro atoms. The second kappa shape index (κ2) is 4.96. The number of nitrogens with one attached hydrogen (secondary N) is 1. The topological polar surface area (TPSA) is 15.3 Å². The van der Waals surface area contributed by atoms with Gasteiger partial charge in [0.15, 0.2) is 0 Å². The zero-order valence-electron chi connectivity index (χ0n) is 7.15. The summed E-state index contributed by atoms with van der Waals surface area (Å²) in [4.78, 5) is 2.35. The molecule has 0 saturated carbocycles. The third kappa shape index (κ3) is 2.97. The minimum absolute atomic E-state index is 0.266. The van der Waals surface area contributed by atoms with E-state index in [-0.39, 0.29) is 5.50 Å². The molecule has 1 N–H and O–H groups in total. The third-order valence-electron chi connectivity index (χ3n) is 2.07. The molecule has 1 atom stereocenters. The Balaban J connectivity index is 2.21. The highest BCUT2D eigenvalue weighted by molar-refractivity contribution is 6.20. The van der Waals surface area contributed by atoms with Crippen LogP contribution in [-0.2, 0) is 0 Å². The molecule has 0 amide bonds. The molecule has 1 fully saturated rings. The van der Waals surface area contributed by atoms with Gasteiger partial charge in [-0.1, -0.05) is 13.3 Å². The first-order valence-electron chi connectivity index (χ1n) is 4.43. The van der Waals surface area contributed by atoms with Gasteiger partial charge in [0, 0.05) is 26.2 Å². The summed E-state index contributed by atoms with van der Waals surface area (Å²) in [5.41, 5.74) is 0.266. The fraction of sp³-hybridized carbons (Fsp3) is 1.00. The van der Waals surface area contributed by atoms with Crippen molar-refractivity contribution < 1.29 is 0 Å². The fourth-order valence-electron chi connectivity index (χ4n) is 1.38. The van der Waals surface area contributed by atoms with Gasteiger partial charge in [-0.2, -0.15) is 0 Å². The first-order valence-corrected chi connectivity index (χ1v) is 4.87. The maximum atomic E-state index is 6.16. The van der Waals surface area contributed by atoms with Crippen molar-refractivity contribution in [1.82, 2.24) is 10.2 Å². The van der Waals surface area contributed by atoms with Crippen LogP contribution in [0, 0.1) is 0 Å². The highest BCUT2D eigenvalue weighted by Gasteiger charge is 2.16. The van der Waals surface area contributed by atoms with E-state index in [2.05, 4.69) is 17.1 Å². The van der Waals surface area contributed by atoms with E-state index in [0.29, 0.717) is 0 Å². The molecule has 66 valence electrons. The fourth-order valence-corrected chi connectivity index (χ4v) is 1.80. The lowest BCUT2D eigenvalue weighted by Crippen LogP contribution is -2.46. The van der Waals surface area contributed by atoms with E-state index >= 15 is 0 Å². The SMILES string of the molecule is CCCC(Cl)N1CCNCC1. The van der Waals surface area contributed by atoms with Crippen LogP contribution >= 0.6 is 11.6 Å². The van der Waals surface area contributed by atoms with Crippen molar-refractivity contribution in [2.75, 3.05) is 26.2 Å². The first-order chi connectivity index (χ1) is 5.34. The smallest absolute Gasteiger partial charge is 0.0851 e. The third-order valence-corrected chi connectivity index (χ3v) is 2.57. The van der Waals surface area contributed by atoms with Crippen LogP contribution in [0.4, 0.5) is 0 Å². The molecule has 0 aromatic carbocycles. The van der Waals surface area contributed by atoms with E-state index in [1.807, 2.05) is 0 Å². The van der Waals surface area contributed by atoms with Gasteiger partial charge < -0.3 is 5.32 Å². The monoisotopic (exact) mass is 176 g/mol. The highest BCUT2D eigenvalue weighted by atomic mass is 35.5. The van der Waals surface area contributed by atoms with Crippen molar-refractivity contribution in [2.45, 2.75) is 25.3 Å². The van der Waals surface area contributed by atoms with Crippen molar-refractivity contribution in [3.05, 3.63) is 0 Å². The summed E-state index contributed by atoms with van der Waals surface area (Å²) in [7, 11) is 0. The number of piperazine rings is 1. The molecule has 3 heteroatoms. The van der Waals surface area contributed by atoms with Crippen LogP contribution in [0.5, 0.6) is 0 Å². The molecular weight excluding hydrogens is 160 g/mol. The van der Waals surface area contributed by atoms with Gasteiger partial charge in [0.05, 0.1) is 5.50 Å². The Morgan fingerprint density at radius 3 is 2.64 bits per heavy atom. The lowest BCUT2D eigenvalue weighted by Gasteiger charge is -2.31. The van der Waals surface area contributed by atoms with E-state index < -0.39 is 0 Å². The minimum Gasteiger partial charge on any atom is -0.314 e. The van der Waals surface area contributed by atoms with Crippen LogP contribution in [0.15, 0.2) is 0 Å². The lowest BCUT2D eigenvalue weighted by molar-refractivity contribution is 0.213. The average Bonchev–Trinajstić information content (AvgIpc) is 2.07. The van der Waals surface area contributed by atoms with Crippen LogP contribution in [-0.4, -0.2) is 36.6 Å². The number of alkyl halides is 1. The molecule has 1 heterocycles. The van der Waals surface area contributed by atoms with Gasteiger partial charge in [0.1, 0.15) is 0 Å². The van der Waals surface area contributed by atoms with Gasteiger partial charge in [-0.15, -0.1) is 11.6 Å². The van der Waals surface area contributed by atoms with Crippen LogP contribution in [0.25, 0.3) is 0 Å². The van der Waals surface area contributed by atoms with Crippen LogP contribution < -0.4 is 5.32 Å². The van der Waals surface area contributed by atoms with E-state index in [9.17, 15) is 0 Å². The van der Waals surface area contributed by atoms with E-state index in [4.69, 9.17) is 11.6 Å². The molecule has 1 aliphatic rings. The molecule has 1 rings (SSSR count). The molecular formula is C8H17ClN2. The van der Waals surface area contributed by atoms with Gasteiger partial charge in [0.25, 0.3) is 0 Å². The summed E-state index contributed by atoms with van der Waals surface area (Å²) in [6.07, 6.45) is 2.29. The maximum absolute atomic E-state index is 6.16. The number of rotatable bonds is 3. The summed E-state index contributed by atoms with van der Waals surface area (Å²) in [5, 5.41) is 3.31. The predicted octanol–water partition coefficient (Wildman–Crippen LogP) is 1.26. The Bertz CT molecular complexity index is 102. The largest absolute Gasteiger partial charge is 0.314 e. The van der Waals surface area contributed by atoms with Crippen molar-refractivity contribution in [3.8, 4) is 0 Å². The Labute approximate surface area is 73.9 Å². The van der Waals surface area contributed by atoms with Crippen molar-refractivity contribution in [2.24, 2.45) is 0 Å². The Hall–Kier alpha value is 0.210. The zero-order chi connectivity index (χ0) is 8.10. The summed E-state index contributed by atoms with van der Waals surface area (Å²) in [5.74, 6) is 0. The van der Waals surface area contributed by atoms with Gasteiger partial charge in [-0.3, -0.25) is 4.90 Å². The minimum atomic E-state index is 0.266. The normalized spacial score (nSPS) is 23.5. The molecule has 1 aliphatic heterocycles. The van der Waals surface area contributed by atoms with Gasteiger partial charge in [-0.05, 0) is 6.42 Å². The van der Waals surface area contributed by atoms with Crippen LogP contribution in [0.2, 0.25) is 0 Å². The standard InChI is InChI=1S/C8H17ClN2/c1-2-3-8(9)11-6-4-10-5-7-11/h8,10H,2-7H2,1H3. The quantitative estimate of drug-likeness (QED) is 0.515. The highest BCUT2D eigenvalue weighted by Crippen LogP contribution is 2.11. The number of hydrogen-bond donors (Lipinski definition) is 1. The summed E-state index contributed by atoms with van der Waals surface area (Å²) in [6.45, 7) is 6.57. The zero-order valence-corrected chi connectivity index (χ0v) is 7.90.